The molecule has 5 N–H and O–H groups in total. The number of amides is 2. The largest absolute Gasteiger partial charge is 0.382 e. The van der Waals surface area contributed by atoms with Crippen LogP contribution in [0.4, 0.5) is 4.39 Å². The predicted octanol–water partition coefficient (Wildman–Crippen LogP) is 0.807. The Morgan fingerprint density at radius 2 is 2.04 bits per heavy atom. The maximum atomic E-state index is 13.0. The quantitative estimate of drug-likeness (QED) is 0.548. The second-order valence-corrected chi connectivity index (χ2v) is 6.96. The van der Waals surface area contributed by atoms with Crippen molar-refractivity contribution in [1.29, 1.82) is 0 Å². The Bertz CT molecular complexity index is 542. The van der Waals surface area contributed by atoms with Gasteiger partial charge in [0.2, 0.25) is 0 Å². The zero-order chi connectivity index (χ0) is 17.4. The molecule has 1 aromatic rings. The number of thioether (sulfide) groups is 1. The first-order valence-corrected chi connectivity index (χ1v) is 8.27. The number of hydrogen-bond acceptors (Lipinski definition) is 5. The van der Waals surface area contributed by atoms with Gasteiger partial charge in [0, 0.05) is 11.6 Å². The fourth-order valence-electron chi connectivity index (χ4n) is 1.69. The topological polar surface area (TPSA) is 104 Å². The summed E-state index contributed by atoms with van der Waals surface area (Å²) in [4.78, 5) is 23.5. The summed E-state index contributed by atoms with van der Waals surface area (Å²) in [7, 11) is 0. The van der Waals surface area contributed by atoms with Crippen LogP contribution in [0.25, 0.3) is 0 Å². The Hall–Kier alpha value is -1.64. The van der Waals surface area contributed by atoms with E-state index < -0.39 is 29.8 Å². The van der Waals surface area contributed by atoms with Crippen LogP contribution >= 0.6 is 11.8 Å². The molecule has 0 radical (unpaired) electrons. The van der Waals surface area contributed by atoms with Gasteiger partial charge in [-0.3, -0.25) is 20.4 Å². The van der Waals surface area contributed by atoms with Crippen molar-refractivity contribution in [3.8, 4) is 0 Å². The van der Waals surface area contributed by atoms with Crippen molar-refractivity contribution >= 4 is 23.6 Å². The van der Waals surface area contributed by atoms with Gasteiger partial charge in [0.1, 0.15) is 11.9 Å². The van der Waals surface area contributed by atoms with Gasteiger partial charge >= 0.3 is 0 Å². The zero-order valence-corrected chi connectivity index (χ0v) is 13.9. The Balaban J connectivity index is 2.41. The molecule has 6 nitrogen and oxygen atoms in total. The molecule has 0 bridgehead atoms. The average molecular weight is 343 g/mol. The van der Waals surface area contributed by atoms with Gasteiger partial charge in [0.05, 0.1) is 0 Å². The van der Waals surface area contributed by atoms with Gasteiger partial charge in [-0.15, -0.1) is 0 Å². The molecule has 0 saturated carbocycles. The maximum Gasteiger partial charge on any atom is 0.269 e. The number of nitrogens with one attached hydrogen (secondary N) is 2. The van der Waals surface area contributed by atoms with Crippen molar-refractivity contribution in [3.63, 3.8) is 0 Å². The second kappa shape index (κ2) is 9.49. The van der Waals surface area contributed by atoms with Crippen molar-refractivity contribution < 1.29 is 19.1 Å². The molecular formula is C15H22FN3O3S. The number of aliphatic hydroxyl groups excluding tert-OH is 1. The van der Waals surface area contributed by atoms with Crippen LogP contribution in [-0.4, -0.2) is 40.1 Å². The molecule has 128 valence electrons. The van der Waals surface area contributed by atoms with Gasteiger partial charge in [-0.05, 0) is 35.6 Å². The molecule has 0 heterocycles. The van der Waals surface area contributed by atoms with Crippen molar-refractivity contribution in [1.82, 2.24) is 10.9 Å². The smallest absolute Gasteiger partial charge is 0.269 e. The SMILES string of the molecule is CC(C)SCC[C@@H](N)C(O)C(=O)NNC(=O)c1cccc(F)c1. The Morgan fingerprint density at radius 1 is 1.35 bits per heavy atom. The third-order valence-electron chi connectivity index (χ3n) is 2.96. The fraction of sp³-hybridized carbons (Fsp3) is 0.467. The molecule has 0 spiro atoms. The number of benzene rings is 1. The monoisotopic (exact) mass is 343 g/mol. The van der Waals surface area contributed by atoms with Crippen LogP contribution in [0, 0.1) is 5.82 Å². The molecule has 0 aliphatic rings. The Kier molecular flexibility index (Phi) is 8.01. The Labute approximate surface area is 139 Å². The van der Waals surface area contributed by atoms with Gasteiger partial charge < -0.3 is 10.8 Å². The van der Waals surface area contributed by atoms with E-state index in [0.717, 1.165) is 11.8 Å². The van der Waals surface area contributed by atoms with E-state index in [0.29, 0.717) is 11.7 Å². The second-order valence-electron chi connectivity index (χ2n) is 5.27. The zero-order valence-electron chi connectivity index (χ0n) is 13.1. The van der Waals surface area contributed by atoms with Gasteiger partial charge in [-0.25, -0.2) is 4.39 Å². The van der Waals surface area contributed by atoms with Crippen molar-refractivity contribution in [3.05, 3.63) is 35.6 Å². The minimum atomic E-state index is -1.43. The first-order valence-electron chi connectivity index (χ1n) is 7.22. The summed E-state index contributed by atoms with van der Waals surface area (Å²) >= 11 is 1.68. The van der Waals surface area contributed by atoms with Crippen LogP contribution in [0.3, 0.4) is 0 Å². The number of halogens is 1. The number of hydrazine groups is 1. The summed E-state index contributed by atoms with van der Waals surface area (Å²) in [6.07, 6.45) is -0.967. The first-order chi connectivity index (χ1) is 10.8. The number of rotatable bonds is 7. The molecule has 0 aliphatic heterocycles. The molecule has 0 aliphatic carbocycles. The molecule has 2 atom stereocenters. The lowest BCUT2D eigenvalue weighted by Crippen LogP contribution is -2.52. The van der Waals surface area contributed by atoms with E-state index in [2.05, 4.69) is 10.9 Å². The highest BCUT2D eigenvalue weighted by Crippen LogP contribution is 2.12. The van der Waals surface area contributed by atoms with Crippen LogP contribution < -0.4 is 16.6 Å². The van der Waals surface area contributed by atoms with Gasteiger partial charge in [0.15, 0.2) is 0 Å². The number of aliphatic hydroxyl groups is 1. The first kappa shape index (κ1) is 19.4. The van der Waals surface area contributed by atoms with Gasteiger partial charge in [-0.2, -0.15) is 11.8 Å². The molecule has 0 aromatic heterocycles. The molecule has 1 aromatic carbocycles. The van der Waals surface area contributed by atoms with Crippen LogP contribution in [0.15, 0.2) is 24.3 Å². The summed E-state index contributed by atoms with van der Waals surface area (Å²) < 4.78 is 13.0. The summed E-state index contributed by atoms with van der Waals surface area (Å²) in [5.74, 6) is -1.33. The normalized spacial score (nSPS) is 13.5. The lowest BCUT2D eigenvalue weighted by atomic mass is 10.1. The molecule has 23 heavy (non-hydrogen) atoms. The number of hydrogen-bond donors (Lipinski definition) is 4. The molecule has 8 heteroatoms. The minimum absolute atomic E-state index is 0.0532. The maximum absolute atomic E-state index is 13.0. The molecule has 0 saturated heterocycles. The number of carbonyl (C=O) groups excluding carboxylic acids is 2. The predicted molar refractivity (Wildman–Crippen MR) is 88.2 cm³/mol. The van der Waals surface area contributed by atoms with Crippen LogP contribution in [0.1, 0.15) is 30.6 Å². The molecule has 1 rings (SSSR count). The molecular weight excluding hydrogens is 321 g/mol. The van der Waals surface area contributed by atoms with E-state index in [1.54, 1.807) is 11.8 Å². The highest BCUT2D eigenvalue weighted by Gasteiger charge is 2.23. The highest BCUT2D eigenvalue weighted by atomic mass is 32.2. The van der Waals surface area contributed by atoms with Crippen LogP contribution in [0.2, 0.25) is 0 Å². The Morgan fingerprint density at radius 3 is 2.65 bits per heavy atom. The average Bonchev–Trinajstić information content (AvgIpc) is 2.50. The lowest BCUT2D eigenvalue weighted by Gasteiger charge is -2.18. The van der Waals surface area contributed by atoms with E-state index in [4.69, 9.17) is 5.73 Å². The lowest BCUT2D eigenvalue weighted by molar-refractivity contribution is -0.131. The molecule has 0 fully saturated rings. The van der Waals surface area contributed by atoms with E-state index in [1.807, 2.05) is 13.8 Å². The van der Waals surface area contributed by atoms with Crippen LogP contribution in [0.5, 0.6) is 0 Å². The number of carbonyl (C=O) groups is 2. The van der Waals surface area contributed by atoms with E-state index in [9.17, 15) is 19.1 Å². The summed E-state index contributed by atoms with van der Waals surface area (Å²) in [6, 6.07) is 4.28. The molecule has 2 amide bonds. The van der Waals surface area contributed by atoms with Gasteiger partial charge in [0.25, 0.3) is 11.8 Å². The standard InChI is InChI=1S/C15H22FN3O3S/c1-9(2)23-7-6-12(17)13(20)15(22)19-18-14(21)10-4-3-5-11(16)8-10/h3-5,8-9,12-13,20H,6-7,17H2,1-2H3,(H,18,21)(H,19,22)/t12-,13?/m1/s1. The van der Waals surface area contributed by atoms with Crippen molar-refractivity contribution in [2.45, 2.75) is 37.7 Å². The summed E-state index contributed by atoms with van der Waals surface area (Å²) in [6.45, 7) is 4.09. The summed E-state index contributed by atoms with van der Waals surface area (Å²) in [5.41, 5.74) is 10.0. The van der Waals surface area contributed by atoms with E-state index in [1.165, 1.54) is 18.2 Å². The summed E-state index contributed by atoms with van der Waals surface area (Å²) in [5, 5.41) is 10.3. The molecule has 1 unspecified atom stereocenters. The minimum Gasteiger partial charge on any atom is -0.382 e. The number of nitrogens with two attached hydrogens (primary N) is 1. The van der Waals surface area contributed by atoms with E-state index in [-0.39, 0.29) is 5.56 Å². The van der Waals surface area contributed by atoms with Crippen LogP contribution in [-0.2, 0) is 4.79 Å². The highest BCUT2D eigenvalue weighted by molar-refractivity contribution is 7.99. The van der Waals surface area contributed by atoms with E-state index >= 15 is 0 Å². The third-order valence-corrected chi connectivity index (χ3v) is 4.10. The third kappa shape index (κ3) is 6.98. The van der Waals surface area contributed by atoms with Crippen molar-refractivity contribution in [2.24, 2.45) is 5.73 Å². The fourth-order valence-corrected chi connectivity index (χ4v) is 2.57. The van der Waals surface area contributed by atoms with Gasteiger partial charge in [-0.1, -0.05) is 19.9 Å². The van der Waals surface area contributed by atoms with Crippen molar-refractivity contribution in [2.75, 3.05) is 5.75 Å².